The number of amides is 1. The molecule has 0 saturated carbocycles. The SMILES string of the molecule is COCCn1c(CCCNC(=O)c2ccc(C)cc2C)nc2ccccc21. The van der Waals surface area contributed by atoms with Crippen LogP contribution in [-0.4, -0.2) is 35.7 Å². The molecule has 0 unspecified atom stereocenters. The minimum atomic E-state index is -0.0135. The van der Waals surface area contributed by atoms with Crippen LogP contribution in [0.25, 0.3) is 11.0 Å². The number of methoxy groups -OCH3 is 1. The standard InChI is InChI=1S/C22H27N3O2/c1-16-10-11-18(17(2)15-16)22(26)23-12-6-9-21-24-19-7-4-5-8-20(19)25(21)13-14-27-3/h4-5,7-8,10-11,15H,6,9,12-14H2,1-3H3,(H,23,26). The highest BCUT2D eigenvalue weighted by atomic mass is 16.5. The zero-order valence-corrected chi connectivity index (χ0v) is 16.3. The number of hydrogen-bond donors (Lipinski definition) is 1. The van der Waals surface area contributed by atoms with Crippen LogP contribution in [0.4, 0.5) is 0 Å². The molecule has 3 aromatic rings. The molecule has 5 heteroatoms. The average Bonchev–Trinajstić information content (AvgIpc) is 3.00. The number of aryl methyl sites for hydroxylation is 3. The number of nitrogens with zero attached hydrogens (tertiary/aromatic N) is 2. The molecular weight excluding hydrogens is 338 g/mol. The molecule has 0 saturated heterocycles. The molecule has 1 N–H and O–H groups in total. The minimum Gasteiger partial charge on any atom is -0.383 e. The van der Waals surface area contributed by atoms with Gasteiger partial charge in [0.1, 0.15) is 5.82 Å². The molecular formula is C22H27N3O2. The second kappa shape index (κ2) is 8.82. The van der Waals surface area contributed by atoms with E-state index in [0.29, 0.717) is 13.2 Å². The zero-order chi connectivity index (χ0) is 19.2. The number of hydrogen-bond acceptors (Lipinski definition) is 3. The van der Waals surface area contributed by atoms with Gasteiger partial charge in [-0.05, 0) is 44.0 Å². The maximum atomic E-state index is 12.4. The topological polar surface area (TPSA) is 56.1 Å². The van der Waals surface area contributed by atoms with Crippen LogP contribution >= 0.6 is 0 Å². The Hall–Kier alpha value is -2.66. The summed E-state index contributed by atoms with van der Waals surface area (Å²) in [6.45, 7) is 6.06. The Bertz CT molecular complexity index is 930. The van der Waals surface area contributed by atoms with Gasteiger partial charge in [0.2, 0.25) is 0 Å². The Morgan fingerprint density at radius 2 is 2.00 bits per heavy atom. The minimum absolute atomic E-state index is 0.0135. The maximum Gasteiger partial charge on any atom is 0.251 e. The molecule has 1 heterocycles. The molecule has 27 heavy (non-hydrogen) atoms. The number of ether oxygens (including phenoxy) is 1. The summed E-state index contributed by atoms with van der Waals surface area (Å²) in [6.07, 6.45) is 1.65. The number of para-hydroxylation sites is 2. The van der Waals surface area contributed by atoms with Crippen molar-refractivity contribution in [3.05, 3.63) is 65.0 Å². The van der Waals surface area contributed by atoms with Gasteiger partial charge in [-0.1, -0.05) is 29.8 Å². The van der Waals surface area contributed by atoms with E-state index in [2.05, 4.69) is 16.0 Å². The number of nitrogens with one attached hydrogen (secondary N) is 1. The molecule has 0 fully saturated rings. The lowest BCUT2D eigenvalue weighted by atomic mass is 10.1. The molecule has 1 aromatic heterocycles. The van der Waals surface area contributed by atoms with Gasteiger partial charge in [-0.3, -0.25) is 4.79 Å². The van der Waals surface area contributed by atoms with E-state index in [-0.39, 0.29) is 5.91 Å². The van der Waals surface area contributed by atoms with Gasteiger partial charge in [-0.25, -0.2) is 4.98 Å². The Balaban J connectivity index is 1.61. The van der Waals surface area contributed by atoms with Gasteiger partial charge in [-0.2, -0.15) is 0 Å². The van der Waals surface area contributed by atoms with Crippen LogP contribution in [0.5, 0.6) is 0 Å². The van der Waals surface area contributed by atoms with Crippen LogP contribution in [-0.2, 0) is 17.7 Å². The Morgan fingerprint density at radius 1 is 1.19 bits per heavy atom. The maximum absolute atomic E-state index is 12.4. The summed E-state index contributed by atoms with van der Waals surface area (Å²) in [7, 11) is 1.71. The Morgan fingerprint density at radius 3 is 2.78 bits per heavy atom. The van der Waals surface area contributed by atoms with Crippen molar-refractivity contribution in [2.75, 3.05) is 20.3 Å². The van der Waals surface area contributed by atoms with E-state index in [0.717, 1.165) is 47.4 Å². The molecule has 0 spiro atoms. The first kappa shape index (κ1) is 19.1. The molecule has 0 atom stereocenters. The van der Waals surface area contributed by atoms with E-state index in [1.54, 1.807) is 7.11 Å². The molecule has 0 aliphatic heterocycles. The summed E-state index contributed by atoms with van der Waals surface area (Å²) in [5.74, 6) is 1.02. The molecule has 5 nitrogen and oxygen atoms in total. The van der Waals surface area contributed by atoms with Crippen LogP contribution < -0.4 is 5.32 Å². The lowest BCUT2D eigenvalue weighted by molar-refractivity contribution is 0.0952. The highest BCUT2D eigenvalue weighted by Gasteiger charge is 2.11. The lowest BCUT2D eigenvalue weighted by Crippen LogP contribution is -2.25. The van der Waals surface area contributed by atoms with Crippen molar-refractivity contribution < 1.29 is 9.53 Å². The number of benzene rings is 2. The van der Waals surface area contributed by atoms with E-state index in [9.17, 15) is 4.79 Å². The number of carbonyl (C=O) groups excluding carboxylic acids is 1. The molecule has 0 aliphatic carbocycles. The van der Waals surface area contributed by atoms with Crippen LogP contribution in [0.3, 0.4) is 0 Å². The van der Waals surface area contributed by atoms with Gasteiger partial charge < -0.3 is 14.6 Å². The molecule has 3 rings (SSSR count). The number of rotatable bonds is 8. The van der Waals surface area contributed by atoms with Crippen molar-refractivity contribution in [3.8, 4) is 0 Å². The number of aromatic nitrogens is 2. The average molecular weight is 365 g/mol. The predicted octanol–water partition coefficient (Wildman–Crippen LogP) is 3.66. The predicted molar refractivity (Wildman–Crippen MR) is 108 cm³/mol. The van der Waals surface area contributed by atoms with E-state index in [4.69, 9.17) is 9.72 Å². The fourth-order valence-electron chi connectivity index (χ4n) is 3.36. The number of imidazole rings is 1. The summed E-state index contributed by atoms with van der Waals surface area (Å²) in [5.41, 5.74) is 5.05. The van der Waals surface area contributed by atoms with E-state index < -0.39 is 0 Å². The molecule has 0 bridgehead atoms. The Kier molecular flexibility index (Phi) is 6.24. The smallest absolute Gasteiger partial charge is 0.251 e. The normalized spacial score (nSPS) is 11.1. The monoisotopic (exact) mass is 365 g/mol. The van der Waals surface area contributed by atoms with Gasteiger partial charge in [0.05, 0.1) is 17.6 Å². The second-order valence-electron chi connectivity index (χ2n) is 6.84. The molecule has 0 radical (unpaired) electrons. The summed E-state index contributed by atoms with van der Waals surface area (Å²) in [5, 5.41) is 3.03. The van der Waals surface area contributed by atoms with E-state index in [1.165, 1.54) is 5.56 Å². The molecule has 0 aliphatic rings. The van der Waals surface area contributed by atoms with Gasteiger partial charge in [0, 0.05) is 32.2 Å². The van der Waals surface area contributed by atoms with Crippen molar-refractivity contribution in [2.24, 2.45) is 0 Å². The first-order chi connectivity index (χ1) is 13.1. The first-order valence-corrected chi connectivity index (χ1v) is 9.38. The van der Waals surface area contributed by atoms with Crippen molar-refractivity contribution in [2.45, 2.75) is 33.2 Å². The van der Waals surface area contributed by atoms with Crippen LogP contribution in [0.2, 0.25) is 0 Å². The lowest BCUT2D eigenvalue weighted by Gasteiger charge is -2.10. The zero-order valence-electron chi connectivity index (χ0n) is 16.3. The van der Waals surface area contributed by atoms with Gasteiger partial charge in [-0.15, -0.1) is 0 Å². The van der Waals surface area contributed by atoms with Crippen molar-refractivity contribution in [1.82, 2.24) is 14.9 Å². The highest BCUT2D eigenvalue weighted by molar-refractivity contribution is 5.95. The third-order valence-corrected chi connectivity index (χ3v) is 4.74. The summed E-state index contributed by atoms with van der Waals surface area (Å²) >= 11 is 0. The van der Waals surface area contributed by atoms with E-state index in [1.807, 2.05) is 50.2 Å². The fourth-order valence-corrected chi connectivity index (χ4v) is 3.36. The number of carbonyl (C=O) groups is 1. The quantitative estimate of drug-likeness (QED) is 0.620. The van der Waals surface area contributed by atoms with Gasteiger partial charge >= 0.3 is 0 Å². The fraction of sp³-hybridized carbons (Fsp3) is 0.364. The third-order valence-electron chi connectivity index (χ3n) is 4.74. The Labute approximate surface area is 160 Å². The molecule has 1 amide bonds. The van der Waals surface area contributed by atoms with E-state index >= 15 is 0 Å². The van der Waals surface area contributed by atoms with Crippen molar-refractivity contribution >= 4 is 16.9 Å². The third kappa shape index (κ3) is 4.55. The summed E-state index contributed by atoms with van der Waals surface area (Å²) < 4.78 is 7.45. The largest absolute Gasteiger partial charge is 0.383 e. The van der Waals surface area contributed by atoms with Crippen molar-refractivity contribution in [1.29, 1.82) is 0 Å². The van der Waals surface area contributed by atoms with Crippen molar-refractivity contribution in [3.63, 3.8) is 0 Å². The summed E-state index contributed by atoms with van der Waals surface area (Å²) in [4.78, 5) is 17.1. The second-order valence-corrected chi connectivity index (χ2v) is 6.84. The highest BCUT2D eigenvalue weighted by Crippen LogP contribution is 2.17. The molecule has 142 valence electrons. The molecule has 2 aromatic carbocycles. The number of fused-ring (bicyclic) bond motifs is 1. The van der Waals surface area contributed by atoms with Crippen LogP contribution in [0.1, 0.15) is 33.7 Å². The first-order valence-electron chi connectivity index (χ1n) is 9.38. The van der Waals surface area contributed by atoms with Crippen LogP contribution in [0.15, 0.2) is 42.5 Å². The van der Waals surface area contributed by atoms with Gasteiger partial charge in [0.25, 0.3) is 5.91 Å². The van der Waals surface area contributed by atoms with Gasteiger partial charge in [0.15, 0.2) is 0 Å². The van der Waals surface area contributed by atoms with Crippen LogP contribution in [0, 0.1) is 13.8 Å². The summed E-state index contributed by atoms with van der Waals surface area (Å²) in [6, 6.07) is 14.1.